The van der Waals surface area contributed by atoms with E-state index in [4.69, 9.17) is 9.47 Å². The van der Waals surface area contributed by atoms with E-state index in [1.807, 2.05) is 6.92 Å². The molecule has 2 atom stereocenters. The summed E-state index contributed by atoms with van der Waals surface area (Å²) in [4.78, 5) is 0. The lowest BCUT2D eigenvalue weighted by Crippen LogP contribution is -2.23. The fraction of sp³-hybridized carbons (Fsp3) is 0.375. The molecule has 2 heteroatoms. The van der Waals surface area contributed by atoms with Crippen molar-refractivity contribution in [3.8, 4) is 5.75 Å². The van der Waals surface area contributed by atoms with E-state index < -0.39 is 0 Å². The molecule has 0 aliphatic heterocycles. The van der Waals surface area contributed by atoms with Crippen LogP contribution >= 0.6 is 0 Å². The fourth-order valence-electron chi connectivity index (χ4n) is 5.06. The lowest BCUT2D eigenvalue weighted by Gasteiger charge is -2.24. The number of ether oxygens (including phenoxy) is 2. The third-order valence-electron chi connectivity index (χ3n) is 6.71. The molecule has 0 aromatic heterocycles. The van der Waals surface area contributed by atoms with E-state index in [0.717, 1.165) is 5.75 Å². The molecule has 0 fully saturated rings. The van der Waals surface area contributed by atoms with Crippen LogP contribution in [0.15, 0.2) is 78.9 Å². The van der Waals surface area contributed by atoms with E-state index in [2.05, 4.69) is 107 Å². The molecule has 4 rings (SSSR count). The Labute approximate surface area is 204 Å². The average molecular weight is 455 g/mol. The van der Waals surface area contributed by atoms with E-state index in [9.17, 15) is 0 Å². The molecule has 178 valence electrons. The summed E-state index contributed by atoms with van der Waals surface area (Å²) >= 11 is 0. The Balaban J connectivity index is 1.61. The summed E-state index contributed by atoms with van der Waals surface area (Å²) < 4.78 is 12.5. The van der Waals surface area contributed by atoms with Gasteiger partial charge in [0.05, 0.1) is 0 Å². The lowest BCUT2D eigenvalue weighted by atomic mass is 9.82. The van der Waals surface area contributed by atoms with Gasteiger partial charge in [0.1, 0.15) is 5.75 Å². The lowest BCUT2D eigenvalue weighted by molar-refractivity contribution is -0.0736. The number of fused-ring (bicyclic) bond motifs is 2. The highest BCUT2D eigenvalue weighted by Gasteiger charge is 2.19. The van der Waals surface area contributed by atoms with Crippen LogP contribution in [0.3, 0.4) is 0 Å². The molecule has 0 aliphatic carbocycles. The van der Waals surface area contributed by atoms with E-state index in [1.54, 1.807) is 0 Å². The molecular weight excluding hydrogens is 416 g/mol. The van der Waals surface area contributed by atoms with Gasteiger partial charge in [-0.05, 0) is 82.0 Å². The van der Waals surface area contributed by atoms with Crippen LogP contribution in [0.4, 0.5) is 0 Å². The van der Waals surface area contributed by atoms with Gasteiger partial charge in [-0.3, -0.25) is 0 Å². The van der Waals surface area contributed by atoms with Crippen LogP contribution in [-0.4, -0.2) is 12.9 Å². The molecule has 0 aliphatic rings. The molecule has 0 heterocycles. The second kappa shape index (κ2) is 11.1. The van der Waals surface area contributed by atoms with E-state index in [-0.39, 0.29) is 6.29 Å². The summed E-state index contributed by atoms with van der Waals surface area (Å²) in [5.74, 6) is 2.73. The highest BCUT2D eigenvalue weighted by Crippen LogP contribution is 2.33. The zero-order chi connectivity index (χ0) is 24.1. The SMILES string of the molecule is CCOC(Cc1c2ccccc2cc2ccccc12)Oc1ccc(C(CC(C)C)C(C)C)cc1. The number of hydrogen-bond acceptors (Lipinski definition) is 2. The van der Waals surface area contributed by atoms with Crippen molar-refractivity contribution in [3.05, 3.63) is 90.0 Å². The van der Waals surface area contributed by atoms with Crippen molar-refractivity contribution in [2.45, 2.75) is 59.7 Å². The summed E-state index contributed by atoms with van der Waals surface area (Å²) in [7, 11) is 0. The van der Waals surface area contributed by atoms with Crippen LogP contribution in [0.5, 0.6) is 5.75 Å². The zero-order valence-electron chi connectivity index (χ0n) is 21.3. The first kappa shape index (κ1) is 24.3. The molecule has 34 heavy (non-hydrogen) atoms. The highest BCUT2D eigenvalue weighted by molar-refractivity contribution is 6.02. The number of hydrogen-bond donors (Lipinski definition) is 0. The molecule has 0 bridgehead atoms. The Hall–Kier alpha value is -2.84. The summed E-state index contributed by atoms with van der Waals surface area (Å²) in [5.41, 5.74) is 2.67. The van der Waals surface area contributed by atoms with Gasteiger partial charge < -0.3 is 9.47 Å². The van der Waals surface area contributed by atoms with Crippen LogP contribution in [0, 0.1) is 11.8 Å². The predicted molar refractivity (Wildman–Crippen MR) is 145 cm³/mol. The molecular formula is C32H38O2. The van der Waals surface area contributed by atoms with Crippen LogP contribution < -0.4 is 4.74 Å². The van der Waals surface area contributed by atoms with Gasteiger partial charge in [0.15, 0.2) is 0 Å². The van der Waals surface area contributed by atoms with E-state index in [1.165, 1.54) is 39.1 Å². The Morgan fingerprint density at radius 2 is 1.32 bits per heavy atom. The third kappa shape index (κ3) is 5.62. The van der Waals surface area contributed by atoms with Crippen molar-refractivity contribution in [1.82, 2.24) is 0 Å². The smallest absolute Gasteiger partial charge is 0.203 e. The topological polar surface area (TPSA) is 18.5 Å². The minimum Gasteiger partial charge on any atom is -0.465 e. The maximum atomic E-state index is 6.41. The van der Waals surface area contributed by atoms with E-state index in [0.29, 0.717) is 30.8 Å². The van der Waals surface area contributed by atoms with Crippen molar-refractivity contribution in [2.75, 3.05) is 6.61 Å². The fourth-order valence-corrected chi connectivity index (χ4v) is 5.06. The van der Waals surface area contributed by atoms with Crippen LogP contribution in [0.2, 0.25) is 0 Å². The van der Waals surface area contributed by atoms with Gasteiger partial charge in [-0.25, -0.2) is 0 Å². The standard InChI is InChI=1S/C32H38O2/c1-6-33-32(34-27-17-15-24(16-18-27)30(23(4)5)19-22(2)3)21-31-28-13-9-7-11-25(28)20-26-12-8-10-14-29(26)31/h7-18,20,22-23,30,32H,6,19,21H2,1-5H3. The first-order valence-corrected chi connectivity index (χ1v) is 12.7. The summed E-state index contributed by atoms with van der Waals surface area (Å²) in [6.07, 6.45) is 1.55. The van der Waals surface area contributed by atoms with Gasteiger partial charge in [0.25, 0.3) is 0 Å². The van der Waals surface area contributed by atoms with Gasteiger partial charge in [0, 0.05) is 13.0 Å². The van der Waals surface area contributed by atoms with Gasteiger partial charge in [-0.2, -0.15) is 0 Å². The molecule has 2 nitrogen and oxygen atoms in total. The minimum absolute atomic E-state index is 0.346. The molecule has 2 unspecified atom stereocenters. The molecule has 0 amide bonds. The summed E-state index contributed by atoms with van der Waals surface area (Å²) in [5, 5.41) is 5.03. The number of benzene rings is 4. The van der Waals surface area contributed by atoms with Crippen LogP contribution in [-0.2, 0) is 11.2 Å². The Morgan fingerprint density at radius 3 is 1.85 bits per heavy atom. The second-order valence-electron chi connectivity index (χ2n) is 10.1. The predicted octanol–water partition coefficient (Wildman–Crippen LogP) is 8.76. The Kier molecular flexibility index (Phi) is 7.90. The normalized spacial score (nSPS) is 13.6. The first-order chi connectivity index (χ1) is 16.5. The van der Waals surface area contributed by atoms with Crippen molar-refractivity contribution in [3.63, 3.8) is 0 Å². The van der Waals surface area contributed by atoms with Crippen molar-refractivity contribution in [1.29, 1.82) is 0 Å². The van der Waals surface area contributed by atoms with Crippen LogP contribution in [0.25, 0.3) is 21.5 Å². The van der Waals surface area contributed by atoms with Gasteiger partial charge in [-0.1, -0.05) is 88.4 Å². The molecule has 4 aromatic rings. The molecule has 0 radical (unpaired) electrons. The maximum Gasteiger partial charge on any atom is 0.203 e. The maximum absolute atomic E-state index is 6.41. The van der Waals surface area contributed by atoms with Crippen molar-refractivity contribution in [2.24, 2.45) is 11.8 Å². The van der Waals surface area contributed by atoms with Crippen molar-refractivity contribution >= 4 is 21.5 Å². The Bertz CT molecular complexity index is 1150. The van der Waals surface area contributed by atoms with Gasteiger partial charge in [-0.15, -0.1) is 0 Å². The zero-order valence-corrected chi connectivity index (χ0v) is 21.3. The number of rotatable bonds is 10. The first-order valence-electron chi connectivity index (χ1n) is 12.7. The molecule has 0 saturated carbocycles. The summed E-state index contributed by atoms with van der Waals surface area (Å²) in [6.45, 7) is 11.9. The molecule has 0 saturated heterocycles. The van der Waals surface area contributed by atoms with Gasteiger partial charge in [0.2, 0.25) is 6.29 Å². The van der Waals surface area contributed by atoms with E-state index >= 15 is 0 Å². The van der Waals surface area contributed by atoms with Crippen molar-refractivity contribution < 1.29 is 9.47 Å². The molecule has 4 aromatic carbocycles. The quantitative estimate of drug-likeness (QED) is 0.176. The van der Waals surface area contributed by atoms with Gasteiger partial charge >= 0.3 is 0 Å². The third-order valence-corrected chi connectivity index (χ3v) is 6.71. The molecule has 0 spiro atoms. The monoisotopic (exact) mass is 454 g/mol. The average Bonchev–Trinajstić information content (AvgIpc) is 2.83. The minimum atomic E-state index is -0.346. The summed E-state index contributed by atoms with van der Waals surface area (Å²) in [6, 6.07) is 28.2. The highest BCUT2D eigenvalue weighted by atomic mass is 16.7. The van der Waals surface area contributed by atoms with Crippen LogP contribution in [0.1, 0.15) is 58.1 Å². The Morgan fingerprint density at radius 1 is 0.735 bits per heavy atom. The largest absolute Gasteiger partial charge is 0.465 e. The molecule has 0 N–H and O–H groups in total. The second-order valence-corrected chi connectivity index (χ2v) is 10.1.